The van der Waals surface area contributed by atoms with Crippen LogP contribution >= 0.6 is 0 Å². The van der Waals surface area contributed by atoms with Crippen LogP contribution in [0.25, 0.3) is 0 Å². The van der Waals surface area contributed by atoms with Crippen LogP contribution in [0.15, 0.2) is 18.2 Å². The van der Waals surface area contributed by atoms with Crippen molar-refractivity contribution in [2.24, 2.45) is 5.92 Å². The van der Waals surface area contributed by atoms with Crippen molar-refractivity contribution < 1.29 is 14.3 Å². The Bertz CT molecular complexity index is 578. The minimum absolute atomic E-state index is 0.0693. The first-order valence-electron chi connectivity index (χ1n) is 9.54. The largest absolute Gasteiger partial charge is 0.497 e. The van der Waals surface area contributed by atoms with Crippen molar-refractivity contribution in [2.75, 3.05) is 19.0 Å². The minimum atomic E-state index is 0.0693. The van der Waals surface area contributed by atoms with Crippen LogP contribution in [0.3, 0.4) is 0 Å². The van der Waals surface area contributed by atoms with Gasteiger partial charge in [0.1, 0.15) is 11.5 Å². The van der Waals surface area contributed by atoms with Gasteiger partial charge in [-0.15, -0.1) is 0 Å². The van der Waals surface area contributed by atoms with Crippen LogP contribution in [0, 0.1) is 5.92 Å². The van der Waals surface area contributed by atoms with Crippen LogP contribution in [0.2, 0.25) is 0 Å². The number of rotatable bonds is 8. The fraction of sp³-hybridized carbons (Fsp3) is 0.650. The van der Waals surface area contributed by atoms with Gasteiger partial charge in [0, 0.05) is 24.6 Å². The van der Waals surface area contributed by atoms with E-state index in [0.717, 1.165) is 31.4 Å². The fourth-order valence-electron chi connectivity index (χ4n) is 3.99. The number of benzene rings is 1. The molecule has 2 saturated heterocycles. The zero-order valence-electron chi connectivity index (χ0n) is 15.3. The molecule has 2 heterocycles. The molecule has 0 aliphatic carbocycles. The first-order chi connectivity index (χ1) is 12.2. The smallest absolute Gasteiger partial charge is 0.224 e. The lowest BCUT2D eigenvalue weighted by Gasteiger charge is -2.28. The van der Waals surface area contributed by atoms with Gasteiger partial charge in [-0.05, 0) is 50.2 Å². The molecule has 5 nitrogen and oxygen atoms in total. The van der Waals surface area contributed by atoms with Crippen molar-refractivity contribution in [3.63, 3.8) is 0 Å². The molecule has 2 fully saturated rings. The number of unbranched alkanes of at least 4 members (excludes halogenated alkanes) is 1. The number of carbonyl (C=O) groups excluding carboxylic acids is 1. The van der Waals surface area contributed by atoms with E-state index >= 15 is 0 Å². The highest BCUT2D eigenvalue weighted by Crippen LogP contribution is 2.34. The molecule has 3 rings (SSSR count). The number of methoxy groups -OCH3 is 1. The highest BCUT2D eigenvalue weighted by atomic mass is 16.5. The summed E-state index contributed by atoms with van der Waals surface area (Å²) < 4.78 is 11.1. The predicted octanol–water partition coefficient (Wildman–Crippen LogP) is 3.73. The van der Waals surface area contributed by atoms with Gasteiger partial charge in [-0.2, -0.15) is 0 Å². The van der Waals surface area contributed by atoms with Gasteiger partial charge in [-0.25, -0.2) is 0 Å². The number of amides is 1. The zero-order valence-corrected chi connectivity index (χ0v) is 15.3. The molecule has 1 amide bonds. The summed E-state index contributed by atoms with van der Waals surface area (Å²) in [6, 6.07) is 6.80. The molecule has 2 aliphatic rings. The van der Waals surface area contributed by atoms with Crippen molar-refractivity contribution >= 4 is 11.6 Å². The van der Waals surface area contributed by atoms with Crippen LogP contribution in [-0.2, 0) is 4.79 Å². The van der Waals surface area contributed by atoms with E-state index in [-0.39, 0.29) is 5.91 Å². The lowest BCUT2D eigenvalue weighted by atomic mass is 9.89. The molecule has 0 saturated carbocycles. The molecular formula is C20H30N2O3. The van der Waals surface area contributed by atoms with Gasteiger partial charge in [-0.1, -0.05) is 13.3 Å². The number of nitrogens with one attached hydrogen (secondary N) is 2. The number of hydrogen-bond donors (Lipinski definition) is 2. The normalized spacial score (nSPS) is 24.8. The topological polar surface area (TPSA) is 59.6 Å². The average molecular weight is 346 g/mol. The van der Waals surface area contributed by atoms with E-state index in [1.807, 2.05) is 18.2 Å². The monoisotopic (exact) mass is 346 g/mol. The van der Waals surface area contributed by atoms with E-state index in [2.05, 4.69) is 17.6 Å². The fourth-order valence-corrected chi connectivity index (χ4v) is 3.99. The quantitative estimate of drug-likeness (QED) is 0.704. The van der Waals surface area contributed by atoms with Crippen LogP contribution in [-0.4, -0.2) is 31.7 Å². The molecule has 1 aromatic carbocycles. The molecule has 1 aromatic rings. The summed E-state index contributed by atoms with van der Waals surface area (Å²) in [4.78, 5) is 12.6. The van der Waals surface area contributed by atoms with Gasteiger partial charge >= 0.3 is 0 Å². The molecule has 2 bridgehead atoms. The van der Waals surface area contributed by atoms with Gasteiger partial charge < -0.3 is 20.1 Å². The lowest BCUT2D eigenvalue weighted by Crippen LogP contribution is -2.39. The summed E-state index contributed by atoms with van der Waals surface area (Å²) in [6.45, 7) is 2.79. The first-order valence-corrected chi connectivity index (χ1v) is 9.54. The van der Waals surface area contributed by atoms with Crippen molar-refractivity contribution in [1.82, 2.24) is 5.32 Å². The van der Waals surface area contributed by atoms with E-state index < -0.39 is 0 Å². The Morgan fingerprint density at radius 3 is 2.72 bits per heavy atom. The molecule has 0 spiro atoms. The van der Waals surface area contributed by atoms with Crippen LogP contribution in [0.5, 0.6) is 11.5 Å². The molecule has 0 aromatic heterocycles. The summed E-state index contributed by atoms with van der Waals surface area (Å²) >= 11 is 0. The Kier molecular flexibility index (Phi) is 6.19. The Morgan fingerprint density at radius 1 is 1.28 bits per heavy atom. The van der Waals surface area contributed by atoms with Crippen molar-refractivity contribution in [3.8, 4) is 11.5 Å². The molecule has 0 radical (unpaired) electrons. The van der Waals surface area contributed by atoms with E-state index in [1.165, 1.54) is 12.8 Å². The number of fused-ring (bicyclic) bond motifs is 2. The second kappa shape index (κ2) is 8.56. The SMILES string of the molecule is CCCCOc1ccc(OC)cc1NC(=O)CC1CC2CCC(C1)N2. The second-order valence-corrected chi connectivity index (χ2v) is 7.29. The maximum Gasteiger partial charge on any atom is 0.224 e. The third-order valence-corrected chi connectivity index (χ3v) is 5.26. The van der Waals surface area contributed by atoms with E-state index in [0.29, 0.717) is 42.5 Å². The highest BCUT2D eigenvalue weighted by Gasteiger charge is 2.34. The molecule has 138 valence electrons. The number of anilines is 1. The first kappa shape index (κ1) is 18.1. The average Bonchev–Trinajstić information content (AvgIpc) is 2.94. The van der Waals surface area contributed by atoms with E-state index in [4.69, 9.17) is 9.47 Å². The highest BCUT2D eigenvalue weighted by molar-refractivity contribution is 5.92. The summed E-state index contributed by atoms with van der Waals surface area (Å²) in [5.41, 5.74) is 0.706. The van der Waals surface area contributed by atoms with Crippen LogP contribution in [0.4, 0.5) is 5.69 Å². The molecule has 2 aliphatic heterocycles. The Labute approximate surface area is 150 Å². The number of carbonyl (C=O) groups is 1. The molecule has 25 heavy (non-hydrogen) atoms. The van der Waals surface area contributed by atoms with Crippen LogP contribution < -0.4 is 20.1 Å². The van der Waals surface area contributed by atoms with Gasteiger partial charge in [0.05, 0.1) is 19.4 Å². The standard InChI is InChI=1S/C20H30N2O3/c1-3-4-9-25-19-8-7-17(24-2)13-18(19)22-20(23)12-14-10-15-5-6-16(11-14)21-15/h7-8,13-16,21H,3-6,9-12H2,1-2H3,(H,22,23). The number of piperidine rings is 1. The molecular weight excluding hydrogens is 316 g/mol. The minimum Gasteiger partial charge on any atom is -0.497 e. The van der Waals surface area contributed by atoms with Crippen molar-refractivity contribution in [1.29, 1.82) is 0 Å². The van der Waals surface area contributed by atoms with Crippen molar-refractivity contribution in [3.05, 3.63) is 18.2 Å². The Balaban J connectivity index is 1.60. The van der Waals surface area contributed by atoms with Gasteiger partial charge in [0.25, 0.3) is 0 Å². The molecule has 2 unspecified atom stereocenters. The number of ether oxygens (including phenoxy) is 2. The van der Waals surface area contributed by atoms with Crippen LogP contribution in [0.1, 0.15) is 51.9 Å². The predicted molar refractivity (Wildman–Crippen MR) is 99.3 cm³/mol. The summed E-state index contributed by atoms with van der Waals surface area (Å²) in [6.07, 6.45) is 7.40. The lowest BCUT2D eigenvalue weighted by molar-refractivity contribution is -0.117. The maximum absolute atomic E-state index is 12.6. The Hall–Kier alpha value is -1.75. The molecule has 2 atom stereocenters. The second-order valence-electron chi connectivity index (χ2n) is 7.29. The molecule has 2 N–H and O–H groups in total. The Morgan fingerprint density at radius 2 is 2.04 bits per heavy atom. The summed E-state index contributed by atoms with van der Waals surface area (Å²) in [5.74, 6) is 1.99. The van der Waals surface area contributed by atoms with Gasteiger partial charge in [-0.3, -0.25) is 4.79 Å². The third kappa shape index (κ3) is 4.88. The van der Waals surface area contributed by atoms with Gasteiger partial charge in [0.2, 0.25) is 5.91 Å². The van der Waals surface area contributed by atoms with Gasteiger partial charge in [0.15, 0.2) is 0 Å². The zero-order chi connectivity index (χ0) is 17.6. The third-order valence-electron chi connectivity index (χ3n) is 5.26. The molecule has 5 heteroatoms. The number of hydrogen-bond acceptors (Lipinski definition) is 4. The van der Waals surface area contributed by atoms with E-state index in [9.17, 15) is 4.79 Å². The summed E-state index contributed by atoms with van der Waals surface area (Å²) in [5, 5.41) is 6.67. The maximum atomic E-state index is 12.6. The van der Waals surface area contributed by atoms with Crippen molar-refractivity contribution in [2.45, 2.75) is 64.0 Å². The summed E-state index contributed by atoms with van der Waals surface area (Å²) in [7, 11) is 1.63. The van der Waals surface area contributed by atoms with E-state index in [1.54, 1.807) is 7.11 Å².